The quantitative estimate of drug-likeness (QED) is 0.876. The molecule has 0 aliphatic carbocycles. The maximum absolute atomic E-state index is 5.96. The first-order chi connectivity index (χ1) is 10.0. The van der Waals surface area contributed by atoms with E-state index in [9.17, 15) is 0 Å². The molecule has 1 unspecified atom stereocenters. The van der Waals surface area contributed by atoms with Crippen LogP contribution in [0, 0.1) is 19.8 Å². The molecule has 0 fully saturated rings. The van der Waals surface area contributed by atoms with Gasteiger partial charge in [-0.3, -0.25) is 0 Å². The lowest BCUT2D eigenvalue weighted by atomic mass is 9.99. The van der Waals surface area contributed by atoms with Crippen LogP contribution in [0.2, 0.25) is 5.02 Å². The number of halogens is 1. The highest BCUT2D eigenvalue weighted by atomic mass is 35.5. The zero-order valence-corrected chi connectivity index (χ0v) is 14.0. The topological polar surface area (TPSA) is 29.9 Å². The van der Waals surface area contributed by atoms with Gasteiger partial charge in [-0.05, 0) is 69.1 Å². The smallest absolute Gasteiger partial charge is 0.0649 e. The Hall–Kier alpha value is -1.32. The summed E-state index contributed by atoms with van der Waals surface area (Å²) in [7, 11) is 0. The van der Waals surface area contributed by atoms with Crippen molar-refractivity contribution in [2.24, 2.45) is 5.92 Å². The minimum Gasteiger partial charge on any atom is -0.317 e. The lowest BCUT2D eigenvalue weighted by Gasteiger charge is -2.12. The molecule has 3 nitrogen and oxygen atoms in total. The highest BCUT2D eigenvalue weighted by molar-refractivity contribution is 6.30. The molecule has 2 rings (SSSR count). The van der Waals surface area contributed by atoms with Crippen molar-refractivity contribution in [2.45, 2.75) is 34.1 Å². The predicted octanol–water partition coefficient (Wildman–Crippen LogP) is 3.93. The second-order valence-corrected chi connectivity index (χ2v) is 6.09. The largest absolute Gasteiger partial charge is 0.317 e. The van der Waals surface area contributed by atoms with Crippen LogP contribution in [0.25, 0.3) is 5.69 Å². The number of hydrogen-bond acceptors (Lipinski definition) is 2. The summed E-state index contributed by atoms with van der Waals surface area (Å²) in [5.41, 5.74) is 4.75. The molecular formula is C17H24ClN3. The summed E-state index contributed by atoms with van der Waals surface area (Å²) in [5, 5.41) is 8.86. The molecule has 1 atom stereocenters. The Morgan fingerprint density at radius 3 is 2.52 bits per heavy atom. The lowest BCUT2D eigenvalue weighted by Crippen LogP contribution is -2.22. The Balaban J connectivity index is 2.23. The molecule has 2 aromatic rings. The second-order valence-electron chi connectivity index (χ2n) is 5.65. The van der Waals surface area contributed by atoms with Crippen LogP contribution in [0.4, 0.5) is 0 Å². The van der Waals surface area contributed by atoms with E-state index in [0.29, 0.717) is 5.92 Å². The molecule has 1 N–H and O–H groups in total. The highest BCUT2D eigenvalue weighted by Gasteiger charge is 2.15. The molecule has 0 spiro atoms. The van der Waals surface area contributed by atoms with E-state index in [0.717, 1.165) is 35.9 Å². The second kappa shape index (κ2) is 7.10. The maximum Gasteiger partial charge on any atom is 0.0649 e. The van der Waals surface area contributed by atoms with Crippen LogP contribution in [0.3, 0.4) is 0 Å². The fraction of sp³-hybridized carbons (Fsp3) is 0.471. The van der Waals surface area contributed by atoms with Crippen molar-refractivity contribution < 1.29 is 0 Å². The van der Waals surface area contributed by atoms with Crippen LogP contribution in [0.15, 0.2) is 24.3 Å². The molecular weight excluding hydrogens is 282 g/mol. The molecule has 0 radical (unpaired) electrons. The van der Waals surface area contributed by atoms with Gasteiger partial charge >= 0.3 is 0 Å². The fourth-order valence-corrected chi connectivity index (χ4v) is 2.74. The van der Waals surface area contributed by atoms with Crippen molar-refractivity contribution in [3.63, 3.8) is 0 Å². The number of nitrogens with one attached hydrogen (secondary N) is 1. The van der Waals surface area contributed by atoms with Gasteiger partial charge in [0.05, 0.1) is 11.4 Å². The normalized spacial score (nSPS) is 12.6. The number of rotatable bonds is 6. The average Bonchev–Trinajstić information content (AvgIpc) is 2.74. The summed E-state index contributed by atoms with van der Waals surface area (Å²) in [6, 6.07) is 7.82. The van der Waals surface area contributed by atoms with Crippen molar-refractivity contribution in [3.8, 4) is 5.69 Å². The third kappa shape index (κ3) is 3.86. The molecule has 1 aromatic heterocycles. The van der Waals surface area contributed by atoms with E-state index in [2.05, 4.69) is 33.0 Å². The molecule has 0 bridgehead atoms. The van der Waals surface area contributed by atoms with E-state index in [-0.39, 0.29) is 0 Å². The molecule has 0 saturated carbocycles. The monoisotopic (exact) mass is 305 g/mol. The fourth-order valence-electron chi connectivity index (χ4n) is 2.62. The molecule has 114 valence electrons. The standard InChI is InChI=1S/C17H24ClN3/c1-5-19-11-12(2)10-17-13(3)20-21(14(17)4)16-8-6-15(18)7-9-16/h6-9,12,19H,5,10-11H2,1-4H3. The molecule has 0 amide bonds. The van der Waals surface area contributed by atoms with Gasteiger partial charge in [0, 0.05) is 10.7 Å². The lowest BCUT2D eigenvalue weighted by molar-refractivity contribution is 0.519. The van der Waals surface area contributed by atoms with Gasteiger partial charge in [0.1, 0.15) is 0 Å². The maximum atomic E-state index is 5.96. The van der Waals surface area contributed by atoms with Gasteiger partial charge in [-0.1, -0.05) is 25.4 Å². The number of aryl methyl sites for hydroxylation is 1. The SMILES string of the molecule is CCNCC(C)Cc1c(C)nn(-c2ccc(Cl)cc2)c1C. The van der Waals surface area contributed by atoms with E-state index in [4.69, 9.17) is 16.7 Å². The minimum absolute atomic E-state index is 0.602. The van der Waals surface area contributed by atoms with Gasteiger partial charge in [0.15, 0.2) is 0 Å². The summed E-state index contributed by atoms with van der Waals surface area (Å²) < 4.78 is 2.01. The Morgan fingerprint density at radius 2 is 1.90 bits per heavy atom. The number of benzene rings is 1. The van der Waals surface area contributed by atoms with Gasteiger partial charge < -0.3 is 5.32 Å². The van der Waals surface area contributed by atoms with Crippen LogP contribution >= 0.6 is 11.6 Å². The van der Waals surface area contributed by atoms with Crippen molar-refractivity contribution in [3.05, 3.63) is 46.2 Å². The van der Waals surface area contributed by atoms with Gasteiger partial charge in [-0.2, -0.15) is 5.10 Å². The van der Waals surface area contributed by atoms with Gasteiger partial charge in [0.25, 0.3) is 0 Å². The van der Waals surface area contributed by atoms with E-state index < -0.39 is 0 Å². The Morgan fingerprint density at radius 1 is 1.24 bits per heavy atom. The number of nitrogens with zero attached hydrogens (tertiary/aromatic N) is 2. The van der Waals surface area contributed by atoms with Crippen LogP contribution in [-0.4, -0.2) is 22.9 Å². The first-order valence-corrected chi connectivity index (χ1v) is 7.92. The van der Waals surface area contributed by atoms with Crippen molar-refractivity contribution in [1.29, 1.82) is 0 Å². The van der Waals surface area contributed by atoms with E-state index in [1.54, 1.807) is 0 Å². The van der Waals surface area contributed by atoms with Crippen molar-refractivity contribution in [1.82, 2.24) is 15.1 Å². The van der Waals surface area contributed by atoms with Crippen LogP contribution in [0.5, 0.6) is 0 Å². The molecule has 1 aromatic carbocycles. The molecule has 21 heavy (non-hydrogen) atoms. The first kappa shape index (κ1) is 16.1. The Labute approximate surface area is 132 Å². The minimum atomic E-state index is 0.602. The van der Waals surface area contributed by atoms with Gasteiger partial charge in [-0.15, -0.1) is 0 Å². The van der Waals surface area contributed by atoms with E-state index >= 15 is 0 Å². The summed E-state index contributed by atoms with van der Waals surface area (Å²) in [6.07, 6.45) is 1.05. The third-order valence-corrected chi connectivity index (χ3v) is 4.06. The molecule has 0 saturated heterocycles. The molecule has 0 aliphatic heterocycles. The first-order valence-electron chi connectivity index (χ1n) is 7.54. The Bertz CT molecular complexity index is 587. The van der Waals surface area contributed by atoms with Crippen LogP contribution in [-0.2, 0) is 6.42 Å². The summed E-state index contributed by atoms with van der Waals surface area (Å²) in [5.74, 6) is 0.602. The summed E-state index contributed by atoms with van der Waals surface area (Å²) >= 11 is 5.96. The van der Waals surface area contributed by atoms with E-state index in [1.807, 2.05) is 28.9 Å². The third-order valence-electron chi connectivity index (χ3n) is 3.81. The van der Waals surface area contributed by atoms with Crippen LogP contribution in [0.1, 0.15) is 30.8 Å². The van der Waals surface area contributed by atoms with Gasteiger partial charge in [0.2, 0.25) is 0 Å². The number of aromatic nitrogens is 2. The zero-order valence-electron chi connectivity index (χ0n) is 13.3. The molecule has 4 heteroatoms. The highest BCUT2D eigenvalue weighted by Crippen LogP contribution is 2.21. The average molecular weight is 306 g/mol. The zero-order chi connectivity index (χ0) is 15.4. The molecule has 0 aliphatic rings. The van der Waals surface area contributed by atoms with Crippen molar-refractivity contribution >= 4 is 11.6 Å². The van der Waals surface area contributed by atoms with Crippen molar-refractivity contribution in [2.75, 3.05) is 13.1 Å². The predicted molar refractivity (Wildman–Crippen MR) is 89.5 cm³/mol. The Kier molecular flexibility index (Phi) is 5.43. The summed E-state index contributed by atoms with van der Waals surface area (Å²) in [6.45, 7) is 10.7. The number of hydrogen-bond donors (Lipinski definition) is 1. The molecule has 1 heterocycles. The van der Waals surface area contributed by atoms with E-state index in [1.165, 1.54) is 11.3 Å². The summed E-state index contributed by atoms with van der Waals surface area (Å²) in [4.78, 5) is 0. The van der Waals surface area contributed by atoms with Gasteiger partial charge in [-0.25, -0.2) is 4.68 Å². The van der Waals surface area contributed by atoms with Crippen LogP contribution < -0.4 is 5.32 Å².